The van der Waals surface area contributed by atoms with Gasteiger partial charge in [0.15, 0.2) is 0 Å². The molecule has 5 nitrogen and oxygen atoms in total. The van der Waals surface area contributed by atoms with Crippen LogP contribution in [-0.2, 0) is 6.18 Å². The summed E-state index contributed by atoms with van der Waals surface area (Å²) in [6, 6.07) is 3.67. The van der Waals surface area contributed by atoms with Crippen molar-refractivity contribution in [2.45, 2.75) is 44.6 Å². The Hall–Kier alpha value is -1.96. The molecule has 1 aliphatic rings. The standard InChI is InChI=1S/C16H22F3N3O2/c1-3-21-15(23)22-10(2)8-13(20)14(22)9-24-12-6-4-11(5-7-12)16(17,18)19/h4-7,10,13-14H,3,8-9,20H2,1-2H3,(H,21,23)/t10-,13+,14+/m1/s1. The van der Waals surface area contributed by atoms with Gasteiger partial charge in [0.1, 0.15) is 12.4 Å². The number of alkyl halides is 3. The zero-order valence-corrected chi connectivity index (χ0v) is 13.6. The number of halogens is 3. The molecule has 2 amide bonds. The van der Waals surface area contributed by atoms with Gasteiger partial charge in [0.25, 0.3) is 0 Å². The van der Waals surface area contributed by atoms with Gasteiger partial charge in [-0.15, -0.1) is 0 Å². The van der Waals surface area contributed by atoms with Crippen molar-refractivity contribution in [3.63, 3.8) is 0 Å². The molecule has 1 aromatic rings. The van der Waals surface area contributed by atoms with Crippen LogP contribution in [0.2, 0.25) is 0 Å². The Kier molecular flexibility index (Phi) is 5.58. The predicted octanol–water partition coefficient (Wildman–Crippen LogP) is 2.60. The molecule has 1 heterocycles. The maximum absolute atomic E-state index is 12.5. The van der Waals surface area contributed by atoms with E-state index in [0.717, 1.165) is 12.1 Å². The van der Waals surface area contributed by atoms with Crippen LogP contribution in [0.1, 0.15) is 25.8 Å². The van der Waals surface area contributed by atoms with Crippen molar-refractivity contribution in [2.24, 2.45) is 5.73 Å². The van der Waals surface area contributed by atoms with Gasteiger partial charge in [-0.1, -0.05) is 0 Å². The molecular weight excluding hydrogens is 323 g/mol. The van der Waals surface area contributed by atoms with E-state index in [1.807, 2.05) is 13.8 Å². The van der Waals surface area contributed by atoms with Gasteiger partial charge >= 0.3 is 12.2 Å². The number of nitrogens with zero attached hydrogens (tertiary/aromatic N) is 1. The number of hydrogen-bond acceptors (Lipinski definition) is 3. The lowest BCUT2D eigenvalue weighted by molar-refractivity contribution is -0.137. The van der Waals surface area contributed by atoms with Crippen LogP contribution in [0.3, 0.4) is 0 Å². The SMILES string of the molecule is CCNC(=O)N1[C@H](C)C[C@H](N)[C@@H]1COc1ccc(C(F)(F)F)cc1. The van der Waals surface area contributed by atoms with Crippen LogP contribution < -0.4 is 15.8 Å². The van der Waals surface area contributed by atoms with Crippen molar-refractivity contribution in [1.82, 2.24) is 10.2 Å². The van der Waals surface area contributed by atoms with Gasteiger partial charge in [-0.05, 0) is 44.5 Å². The summed E-state index contributed by atoms with van der Waals surface area (Å²) in [5, 5.41) is 2.74. The van der Waals surface area contributed by atoms with E-state index in [4.69, 9.17) is 10.5 Å². The molecule has 1 saturated heterocycles. The van der Waals surface area contributed by atoms with Crippen molar-refractivity contribution in [2.75, 3.05) is 13.2 Å². The van der Waals surface area contributed by atoms with Crippen LogP contribution in [0.5, 0.6) is 5.75 Å². The molecule has 0 unspecified atom stereocenters. The molecule has 1 fully saturated rings. The Morgan fingerprint density at radius 1 is 1.38 bits per heavy atom. The summed E-state index contributed by atoms with van der Waals surface area (Å²) in [7, 11) is 0. The van der Waals surface area contributed by atoms with E-state index in [9.17, 15) is 18.0 Å². The first-order valence-electron chi connectivity index (χ1n) is 7.85. The number of rotatable bonds is 4. The van der Waals surface area contributed by atoms with Crippen molar-refractivity contribution in [1.29, 1.82) is 0 Å². The second kappa shape index (κ2) is 7.29. The quantitative estimate of drug-likeness (QED) is 0.881. The van der Waals surface area contributed by atoms with Crippen molar-refractivity contribution in [3.05, 3.63) is 29.8 Å². The number of hydrogen-bond donors (Lipinski definition) is 2. The van der Waals surface area contributed by atoms with E-state index >= 15 is 0 Å². The van der Waals surface area contributed by atoms with E-state index in [2.05, 4.69) is 5.32 Å². The summed E-state index contributed by atoms with van der Waals surface area (Å²) in [5.74, 6) is 0.311. The van der Waals surface area contributed by atoms with Crippen LogP contribution in [0.15, 0.2) is 24.3 Å². The van der Waals surface area contributed by atoms with Gasteiger partial charge in [-0.2, -0.15) is 13.2 Å². The Morgan fingerprint density at radius 2 is 2.00 bits per heavy atom. The molecule has 0 aromatic heterocycles. The summed E-state index contributed by atoms with van der Waals surface area (Å²) in [6.45, 7) is 4.37. The minimum absolute atomic E-state index is 0.0206. The molecule has 3 atom stereocenters. The van der Waals surface area contributed by atoms with Crippen LogP contribution in [0.4, 0.5) is 18.0 Å². The lowest BCUT2D eigenvalue weighted by atomic mass is 10.1. The highest BCUT2D eigenvalue weighted by molar-refractivity contribution is 5.75. The molecule has 0 radical (unpaired) electrons. The average Bonchev–Trinajstić information content (AvgIpc) is 2.78. The Balaban J connectivity index is 2.02. The normalized spacial score (nSPS) is 24.1. The van der Waals surface area contributed by atoms with Gasteiger partial charge < -0.3 is 20.7 Å². The Morgan fingerprint density at radius 3 is 2.54 bits per heavy atom. The lowest BCUT2D eigenvalue weighted by Gasteiger charge is -2.29. The Bertz CT molecular complexity index is 563. The minimum Gasteiger partial charge on any atom is -0.491 e. The first kappa shape index (κ1) is 18.4. The number of amides is 2. The second-order valence-electron chi connectivity index (χ2n) is 5.89. The van der Waals surface area contributed by atoms with E-state index in [1.165, 1.54) is 12.1 Å². The molecule has 0 spiro atoms. The van der Waals surface area contributed by atoms with Crippen molar-refractivity contribution in [3.8, 4) is 5.75 Å². The highest BCUT2D eigenvalue weighted by atomic mass is 19.4. The topological polar surface area (TPSA) is 67.6 Å². The molecule has 8 heteroatoms. The maximum Gasteiger partial charge on any atom is 0.416 e. The number of likely N-dealkylation sites (tertiary alicyclic amines) is 1. The number of benzene rings is 1. The van der Waals surface area contributed by atoms with Crippen LogP contribution >= 0.6 is 0 Å². The molecule has 24 heavy (non-hydrogen) atoms. The Labute approximate surface area is 138 Å². The van der Waals surface area contributed by atoms with Crippen LogP contribution in [0.25, 0.3) is 0 Å². The third-order valence-corrected chi connectivity index (χ3v) is 4.10. The zero-order chi connectivity index (χ0) is 17.9. The number of ether oxygens (including phenoxy) is 1. The molecule has 134 valence electrons. The van der Waals surface area contributed by atoms with E-state index in [0.29, 0.717) is 18.7 Å². The van der Waals surface area contributed by atoms with Gasteiger partial charge in [0.05, 0.1) is 11.6 Å². The van der Waals surface area contributed by atoms with E-state index in [-0.39, 0.29) is 30.8 Å². The molecule has 3 N–H and O–H groups in total. The van der Waals surface area contributed by atoms with Crippen molar-refractivity contribution < 1.29 is 22.7 Å². The molecule has 0 bridgehead atoms. The third kappa shape index (κ3) is 4.11. The van der Waals surface area contributed by atoms with Crippen LogP contribution in [-0.4, -0.2) is 42.2 Å². The fraction of sp³-hybridized carbons (Fsp3) is 0.562. The summed E-state index contributed by atoms with van der Waals surface area (Å²) < 4.78 is 43.2. The lowest BCUT2D eigenvalue weighted by Crippen LogP contribution is -2.51. The highest BCUT2D eigenvalue weighted by Gasteiger charge is 2.40. The molecule has 0 aliphatic carbocycles. The molecular formula is C16H22F3N3O2. The number of carbonyl (C=O) groups excluding carboxylic acids is 1. The summed E-state index contributed by atoms with van der Waals surface area (Å²) >= 11 is 0. The van der Waals surface area contributed by atoms with Gasteiger partial charge in [-0.25, -0.2) is 4.79 Å². The number of urea groups is 1. The maximum atomic E-state index is 12.5. The first-order chi connectivity index (χ1) is 11.2. The van der Waals surface area contributed by atoms with Crippen molar-refractivity contribution >= 4 is 6.03 Å². The minimum atomic E-state index is -4.38. The van der Waals surface area contributed by atoms with Gasteiger partial charge in [0.2, 0.25) is 0 Å². The summed E-state index contributed by atoms with van der Waals surface area (Å²) in [5.41, 5.74) is 5.36. The fourth-order valence-electron chi connectivity index (χ4n) is 2.92. The molecule has 1 aromatic carbocycles. The highest BCUT2D eigenvalue weighted by Crippen LogP contribution is 2.30. The molecule has 0 saturated carbocycles. The van der Waals surface area contributed by atoms with Crippen LogP contribution in [0, 0.1) is 0 Å². The first-order valence-corrected chi connectivity index (χ1v) is 7.85. The zero-order valence-electron chi connectivity index (χ0n) is 13.6. The van der Waals surface area contributed by atoms with Gasteiger partial charge in [-0.3, -0.25) is 0 Å². The second-order valence-corrected chi connectivity index (χ2v) is 5.89. The third-order valence-electron chi connectivity index (χ3n) is 4.10. The van der Waals surface area contributed by atoms with E-state index in [1.54, 1.807) is 4.90 Å². The monoisotopic (exact) mass is 345 g/mol. The molecule has 1 aliphatic heterocycles. The number of carbonyl (C=O) groups is 1. The van der Waals surface area contributed by atoms with E-state index < -0.39 is 11.7 Å². The van der Waals surface area contributed by atoms with Gasteiger partial charge in [0, 0.05) is 18.6 Å². The predicted molar refractivity (Wildman–Crippen MR) is 83.7 cm³/mol. The summed E-state index contributed by atoms with van der Waals surface area (Å²) in [6.07, 6.45) is -3.73. The number of nitrogens with one attached hydrogen (secondary N) is 1. The largest absolute Gasteiger partial charge is 0.491 e. The molecule has 2 rings (SSSR count). The number of nitrogens with two attached hydrogens (primary N) is 1. The average molecular weight is 345 g/mol. The fourth-order valence-corrected chi connectivity index (χ4v) is 2.92. The summed E-state index contributed by atoms with van der Waals surface area (Å²) in [4.78, 5) is 13.8. The smallest absolute Gasteiger partial charge is 0.416 e.